The molecule has 1 aliphatic rings. The second-order valence-corrected chi connectivity index (χ2v) is 6.19. The molecule has 2 rings (SSSR count). The van der Waals surface area contributed by atoms with Crippen LogP contribution in [0, 0.1) is 0 Å². The summed E-state index contributed by atoms with van der Waals surface area (Å²) in [6.45, 7) is 1.34. The largest absolute Gasteiger partial charge is 0.339 e. The van der Waals surface area contributed by atoms with Crippen molar-refractivity contribution in [3.05, 3.63) is 11.7 Å². The Hall–Kier alpha value is -1.24. The van der Waals surface area contributed by atoms with Crippen molar-refractivity contribution in [3.63, 3.8) is 0 Å². The van der Waals surface area contributed by atoms with E-state index >= 15 is 0 Å². The summed E-state index contributed by atoms with van der Waals surface area (Å²) in [6, 6.07) is 0. The van der Waals surface area contributed by atoms with E-state index in [4.69, 9.17) is 4.52 Å². The minimum Gasteiger partial charge on any atom is -0.339 e. The van der Waals surface area contributed by atoms with Crippen LogP contribution < -0.4 is 0 Å². The zero-order chi connectivity index (χ0) is 11.8. The van der Waals surface area contributed by atoms with Crippen molar-refractivity contribution in [1.29, 1.82) is 0 Å². The van der Waals surface area contributed by atoms with Crippen LogP contribution in [0.2, 0.25) is 0 Å². The third-order valence-electron chi connectivity index (χ3n) is 2.57. The highest BCUT2D eigenvalue weighted by Crippen LogP contribution is 2.26. The zero-order valence-corrected chi connectivity index (χ0v) is 9.66. The van der Waals surface area contributed by atoms with Crippen LogP contribution in [0.15, 0.2) is 4.52 Å². The fraction of sp³-hybridized carbons (Fsp3) is 0.667. The molecule has 1 atom stereocenters. The average Bonchev–Trinajstić information content (AvgIpc) is 2.64. The lowest BCUT2D eigenvalue weighted by Crippen LogP contribution is -2.23. The molecule has 88 valence electrons. The number of hydrogen-bond donors (Lipinski definition) is 0. The molecule has 0 saturated carbocycles. The van der Waals surface area contributed by atoms with Crippen LogP contribution >= 0.6 is 0 Å². The minimum atomic E-state index is -3.00. The lowest BCUT2D eigenvalue weighted by atomic mass is 10.1. The fourth-order valence-corrected chi connectivity index (χ4v) is 3.46. The number of rotatable bonds is 2. The monoisotopic (exact) mass is 244 g/mol. The van der Waals surface area contributed by atoms with E-state index in [2.05, 4.69) is 10.1 Å². The highest BCUT2D eigenvalue weighted by molar-refractivity contribution is 7.91. The number of ketones is 1. The maximum Gasteiger partial charge on any atom is 0.238 e. The Morgan fingerprint density at radius 2 is 2.25 bits per heavy atom. The predicted octanol–water partition coefficient (Wildman–Crippen LogP) is 0.564. The van der Waals surface area contributed by atoms with Gasteiger partial charge in [-0.25, -0.2) is 8.42 Å². The molecule has 0 aliphatic carbocycles. The Labute approximate surface area is 93.0 Å². The van der Waals surface area contributed by atoms with Gasteiger partial charge >= 0.3 is 0 Å². The smallest absolute Gasteiger partial charge is 0.238 e. The van der Waals surface area contributed by atoms with Crippen LogP contribution in [0.4, 0.5) is 0 Å². The van der Waals surface area contributed by atoms with Gasteiger partial charge < -0.3 is 4.52 Å². The molecule has 1 aromatic heterocycles. The van der Waals surface area contributed by atoms with Gasteiger partial charge in [-0.3, -0.25) is 4.79 Å². The first kappa shape index (κ1) is 11.3. The van der Waals surface area contributed by atoms with Gasteiger partial charge in [0.1, 0.15) is 0 Å². The molecule has 7 heteroatoms. The second kappa shape index (κ2) is 3.97. The van der Waals surface area contributed by atoms with Crippen LogP contribution in [-0.4, -0.2) is 35.8 Å². The Balaban J connectivity index is 2.20. The molecule has 0 radical (unpaired) electrons. The fourth-order valence-electron chi connectivity index (χ4n) is 1.76. The van der Waals surface area contributed by atoms with Gasteiger partial charge in [0.25, 0.3) is 0 Å². The van der Waals surface area contributed by atoms with E-state index in [0.717, 1.165) is 0 Å². The number of nitrogens with zero attached hydrogens (tertiary/aromatic N) is 2. The molecular weight excluding hydrogens is 232 g/mol. The summed E-state index contributed by atoms with van der Waals surface area (Å²) in [7, 11) is -3.00. The minimum absolute atomic E-state index is 0.0120. The highest BCUT2D eigenvalue weighted by atomic mass is 32.2. The SMILES string of the molecule is CC(=O)c1noc(C2CCCS(=O)(=O)C2)n1. The molecule has 0 spiro atoms. The number of carbonyl (C=O) groups is 1. The Bertz CT molecular complexity index is 505. The van der Waals surface area contributed by atoms with E-state index in [1.54, 1.807) is 0 Å². The number of sulfone groups is 1. The van der Waals surface area contributed by atoms with Gasteiger partial charge in [0.15, 0.2) is 9.84 Å². The van der Waals surface area contributed by atoms with Crippen LogP contribution in [0.1, 0.15) is 42.2 Å². The Morgan fingerprint density at radius 3 is 2.81 bits per heavy atom. The van der Waals surface area contributed by atoms with Crippen LogP contribution in [0.25, 0.3) is 0 Å². The first-order valence-corrected chi connectivity index (χ1v) is 6.85. The van der Waals surface area contributed by atoms with Gasteiger partial charge in [-0.15, -0.1) is 0 Å². The van der Waals surface area contributed by atoms with Gasteiger partial charge in [0, 0.05) is 6.92 Å². The molecule has 1 unspecified atom stereocenters. The number of Topliss-reactive ketones (excluding diaryl/α,β-unsaturated/α-hetero) is 1. The lowest BCUT2D eigenvalue weighted by Gasteiger charge is -2.17. The van der Waals surface area contributed by atoms with Crippen LogP contribution in [-0.2, 0) is 9.84 Å². The normalized spacial score (nSPS) is 24.2. The summed E-state index contributed by atoms with van der Waals surface area (Å²) in [4.78, 5) is 14.9. The van der Waals surface area contributed by atoms with E-state index in [0.29, 0.717) is 12.8 Å². The summed E-state index contributed by atoms with van der Waals surface area (Å²) in [5.74, 6) is -0.0246. The van der Waals surface area contributed by atoms with Gasteiger partial charge in [-0.1, -0.05) is 5.16 Å². The maximum absolute atomic E-state index is 11.4. The topological polar surface area (TPSA) is 90.1 Å². The van der Waals surface area contributed by atoms with Crippen molar-refractivity contribution in [2.45, 2.75) is 25.7 Å². The van der Waals surface area contributed by atoms with Crippen molar-refractivity contribution in [2.24, 2.45) is 0 Å². The molecule has 0 bridgehead atoms. The summed E-state index contributed by atoms with van der Waals surface area (Å²) >= 11 is 0. The van der Waals surface area contributed by atoms with Crippen molar-refractivity contribution in [2.75, 3.05) is 11.5 Å². The molecule has 1 aliphatic heterocycles. The molecule has 1 saturated heterocycles. The van der Waals surface area contributed by atoms with E-state index in [9.17, 15) is 13.2 Å². The molecule has 6 nitrogen and oxygen atoms in total. The molecule has 16 heavy (non-hydrogen) atoms. The van der Waals surface area contributed by atoms with Gasteiger partial charge in [0.2, 0.25) is 17.5 Å². The Kier molecular flexibility index (Phi) is 2.79. The van der Waals surface area contributed by atoms with Gasteiger partial charge in [-0.2, -0.15) is 4.98 Å². The standard InChI is InChI=1S/C9H12N2O4S/c1-6(12)8-10-9(15-11-8)7-3-2-4-16(13,14)5-7/h7H,2-5H2,1H3. The first-order chi connectivity index (χ1) is 7.48. The molecule has 1 aromatic rings. The summed E-state index contributed by atoms with van der Waals surface area (Å²) in [5.41, 5.74) is 0. The third-order valence-corrected chi connectivity index (χ3v) is 4.39. The van der Waals surface area contributed by atoms with Crippen molar-refractivity contribution in [1.82, 2.24) is 10.1 Å². The molecular formula is C9H12N2O4S. The molecule has 2 heterocycles. The molecule has 0 aromatic carbocycles. The number of hydrogen-bond acceptors (Lipinski definition) is 6. The molecule has 0 N–H and O–H groups in total. The average molecular weight is 244 g/mol. The summed E-state index contributed by atoms with van der Waals surface area (Å²) in [5, 5.41) is 3.51. The van der Waals surface area contributed by atoms with E-state index in [1.807, 2.05) is 0 Å². The van der Waals surface area contributed by atoms with Gasteiger partial charge in [-0.05, 0) is 12.8 Å². The number of carbonyl (C=O) groups excluding carboxylic acids is 1. The number of aromatic nitrogens is 2. The van der Waals surface area contributed by atoms with E-state index < -0.39 is 9.84 Å². The molecule has 1 fully saturated rings. The predicted molar refractivity (Wildman–Crippen MR) is 54.9 cm³/mol. The van der Waals surface area contributed by atoms with Crippen molar-refractivity contribution < 1.29 is 17.7 Å². The molecule has 0 amide bonds. The summed E-state index contributed by atoms with van der Waals surface area (Å²) in [6.07, 6.45) is 1.31. The maximum atomic E-state index is 11.4. The quantitative estimate of drug-likeness (QED) is 0.706. The zero-order valence-electron chi connectivity index (χ0n) is 8.84. The highest BCUT2D eigenvalue weighted by Gasteiger charge is 2.30. The second-order valence-electron chi connectivity index (χ2n) is 3.97. The van der Waals surface area contributed by atoms with Crippen LogP contribution in [0.3, 0.4) is 0 Å². The van der Waals surface area contributed by atoms with Crippen molar-refractivity contribution >= 4 is 15.6 Å². The van der Waals surface area contributed by atoms with Crippen molar-refractivity contribution in [3.8, 4) is 0 Å². The van der Waals surface area contributed by atoms with E-state index in [-0.39, 0.29) is 34.9 Å². The first-order valence-electron chi connectivity index (χ1n) is 5.03. The van der Waals surface area contributed by atoms with Gasteiger partial charge in [0.05, 0.1) is 17.4 Å². The van der Waals surface area contributed by atoms with Crippen LogP contribution in [0.5, 0.6) is 0 Å². The van der Waals surface area contributed by atoms with E-state index in [1.165, 1.54) is 6.92 Å². The Morgan fingerprint density at radius 1 is 1.50 bits per heavy atom. The summed E-state index contributed by atoms with van der Waals surface area (Å²) < 4.78 is 27.7. The lowest BCUT2D eigenvalue weighted by molar-refractivity contribution is 0.100. The third kappa shape index (κ3) is 2.29.